The monoisotopic (exact) mass is 260 g/mol. The lowest BCUT2D eigenvalue weighted by atomic mass is 10.2. The van der Waals surface area contributed by atoms with Crippen LogP contribution >= 0.6 is 11.3 Å². The maximum Gasteiger partial charge on any atom is 0.270 e. The van der Waals surface area contributed by atoms with Crippen molar-refractivity contribution in [3.63, 3.8) is 0 Å². The van der Waals surface area contributed by atoms with E-state index in [9.17, 15) is 4.79 Å². The van der Waals surface area contributed by atoms with Crippen molar-refractivity contribution >= 4 is 17.2 Å². The quantitative estimate of drug-likeness (QED) is 0.918. The molecule has 94 valence electrons. The van der Waals surface area contributed by atoms with Crippen molar-refractivity contribution in [1.82, 2.24) is 10.3 Å². The van der Waals surface area contributed by atoms with Gasteiger partial charge in [0.25, 0.3) is 5.91 Å². The fourth-order valence-electron chi connectivity index (χ4n) is 1.60. The molecule has 0 radical (unpaired) electrons. The van der Waals surface area contributed by atoms with Gasteiger partial charge >= 0.3 is 0 Å². The zero-order chi connectivity index (χ0) is 13.0. The molecule has 2 aromatic rings. The predicted molar refractivity (Wildman–Crippen MR) is 74.0 cm³/mol. The van der Waals surface area contributed by atoms with Crippen LogP contribution in [0.2, 0.25) is 0 Å². The number of carbonyl (C=O) groups is 1. The van der Waals surface area contributed by atoms with E-state index in [0.717, 1.165) is 11.4 Å². The zero-order valence-electron chi connectivity index (χ0n) is 10.5. The van der Waals surface area contributed by atoms with Crippen molar-refractivity contribution in [2.45, 2.75) is 26.3 Å². The van der Waals surface area contributed by atoms with Crippen LogP contribution in [0, 0.1) is 0 Å². The third kappa shape index (κ3) is 3.40. The molecule has 18 heavy (non-hydrogen) atoms. The molecular weight excluding hydrogens is 244 g/mol. The Bertz CT molecular complexity index is 520. The molecule has 0 saturated heterocycles. The Labute approximate surface area is 111 Å². The first kappa shape index (κ1) is 12.8. The maximum absolute atomic E-state index is 11.8. The highest BCUT2D eigenvalue weighted by Crippen LogP contribution is 2.14. The normalized spacial score (nSPS) is 10.6. The van der Waals surface area contributed by atoms with E-state index < -0.39 is 0 Å². The van der Waals surface area contributed by atoms with Crippen LogP contribution in [-0.2, 0) is 6.42 Å². The zero-order valence-corrected chi connectivity index (χ0v) is 11.3. The molecule has 4 heteroatoms. The minimum Gasteiger partial charge on any atom is -0.349 e. The number of aromatic nitrogens is 1. The minimum atomic E-state index is -0.0967. The predicted octanol–water partition coefficient (Wildman–Crippen LogP) is 2.87. The summed E-state index contributed by atoms with van der Waals surface area (Å²) in [6.07, 6.45) is 0.778. The van der Waals surface area contributed by atoms with Crippen LogP contribution < -0.4 is 5.32 Å². The summed E-state index contributed by atoms with van der Waals surface area (Å²) in [7, 11) is 0. The van der Waals surface area contributed by atoms with Gasteiger partial charge in [0.05, 0.1) is 5.01 Å². The van der Waals surface area contributed by atoms with Gasteiger partial charge in [-0.15, -0.1) is 11.3 Å². The first-order valence-corrected chi connectivity index (χ1v) is 6.82. The topological polar surface area (TPSA) is 42.0 Å². The summed E-state index contributed by atoms with van der Waals surface area (Å²) in [4.78, 5) is 16.1. The second-order valence-corrected chi connectivity index (χ2v) is 5.36. The number of carbonyl (C=O) groups excluding carboxylic acids is 1. The smallest absolute Gasteiger partial charge is 0.270 e. The second kappa shape index (κ2) is 5.78. The number of hydrogen-bond donors (Lipinski definition) is 1. The summed E-state index contributed by atoms with van der Waals surface area (Å²) in [5, 5.41) is 5.62. The van der Waals surface area contributed by atoms with E-state index in [2.05, 4.69) is 22.4 Å². The fraction of sp³-hybridized carbons (Fsp3) is 0.286. The minimum absolute atomic E-state index is 0.0967. The van der Waals surface area contributed by atoms with Gasteiger partial charge in [-0.05, 0) is 19.4 Å². The molecule has 0 atom stereocenters. The molecule has 0 aliphatic rings. The lowest BCUT2D eigenvalue weighted by molar-refractivity contribution is 0.0938. The van der Waals surface area contributed by atoms with E-state index in [1.807, 2.05) is 37.4 Å². The molecule has 0 spiro atoms. The van der Waals surface area contributed by atoms with E-state index >= 15 is 0 Å². The molecule has 2 rings (SSSR count). The van der Waals surface area contributed by atoms with Crippen LogP contribution in [0.25, 0.3) is 0 Å². The SMILES string of the molecule is CC(C)NC(=O)c1csc(Cc2ccccc2)n1. The van der Waals surface area contributed by atoms with Crippen molar-refractivity contribution in [3.05, 3.63) is 52.0 Å². The molecular formula is C14H16N2OS. The molecule has 0 saturated carbocycles. The van der Waals surface area contributed by atoms with Gasteiger partial charge in [0.15, 0.2) is 0 Å². The Morgan fingerprint density at radius 1 is 1.33 bits per heavy atom. The summed E-state index contributed by atoms with van der Waals surface area (Å²) in [6.45, 7) is 3.88. The Hall–Kier alpha value is -1.68. The van der Waals surface area contributed by atoms with Crippen molar-refractivity contribution < 1.29 is 4.79 Å². The summed E-state index contributed by atoms with van der Waals surface area (Å²) >= 11 is 1.53. The first-order valence-electron chi connectivity index (χ1n) is 5.94. The number of nitrogens with zero attached hydrogens (tertiary/aromatic N) is 1. The number of benzene rings is 1. The molecule has 0 fully saturated rings. The largest absolute Gasteiger partial charge is 0.349 e. The van der Waals surface area contributed by atoms with Gasteiger partial charge in [0.2, 0.25) is 0 Å². The van der Waals surface area contributed by atoms with E-state index in [1.54, 1.807) is 0 Å². The summed E-state index contributed by atoms with van der Waals surface area (Å²) < 4.78 is 0. The lowest BCUT2D eigenvalue weighted by Gasteiger charge is -2.05. The number of thiazole rings is 1. The maximum atomic E-state index is 11.8. The molecule has 0 aliphatic carbocycles. The van der Waals surface area contributed by atoms with E-state index in [4.69, 9.17) is 0 Å². The van der Waals surface area contributed by atoms with Crippen molar-refractivity contribution in [2.75, 3.05) is 0 Å². The lowest BCUT2D eigenvalue weighted by Crippen LogP contribution is -2.30. The molecule has 0 aliphatic heterocycles. The van der Waals surface area contributed by atoms with Crippen LogP contribution in [0.3, 0.4) is 0 Å². The second-order valence-electron chi connectivity index (χ2n) is 4.42. The Kier molecular flexibility index (Phi) is 4.10. The van der Waals surface area contributed by atoms with Gasteiger partial charge in [-0.1, -0.05) is 30.3 Å². The Balaban J connectivity index is 2.04. The molecule has 1 aromatic carbocycles. The van der Waals surface area contributed by atoms with Crippen molar-refractivity contribution in [1.29, 1.82) is 0 Å². The molecule has 0 unspecified atom stereocenters. The number of hydrogen-bond acceptors (Lipinski definition) is 3. The van der Waals surface area contributed by atoms with E-state index in [0.29, 0.717) is 5.69 Å². The number of rotatable bonds is 4. The van der Waals surface area contributed by atoms with Gasteiger partial charge in [-0.25, -0.2) is 4.98 Å². The van der Waals surface area contributed by atoms with E-state index in [-0.39, 0.29) is 11.9 Å². The molecule has 1 heterocycles. The highest BCUT2D eigenvalue weighted by atomic mass is 32.1. The third-order valence-electron chi connectivity index (χ3n) is 2.40. The van der Waals surface area contributed by atoms with E-state index in [1.165, 1.54) is 16.9 Å². The van der Waals surface area contributed by atoms with Crippen LogP contribution in [0.4, 0.5) is 0 Å². The van der Waals surface area contributed by atoms with Gasteiger partial charge in [-0.3, -0.25) is 4.79 Å². The van der Waals surface area contributed by atoms with Gasteiger partial charge < -0.3 is 5.32 Å². The fourth-order valence-corrected chi connectivity index (χ4v) is 2.41. The van der Waals surface area contributed by atoms with Crippen LogP contribution in [0.1, 0.15) is 34.9 Å². The van der Waals surface area contributed by atoms with Crippen molar-refractivity contribution in [3.8, 4) is 0 Å². The van der Waals surface area contributed by atoms with Gasteiger partial charge in [-0.2, -0.15) is 0 Å². The number of amides is 1. The van der Waals surface area contributed by atoms with Gasteiger partial charge in [0, 0.05) is 17.8 Å². The highest BCUT2D eigenvalue weighted by molar-refractivity contribution is 7.09. The van der Waals surface area contributed by atoms with Crippen LogP contribution in [-0.4, -0.2) is 16.9 Å². The Morgan fingerprint density at radius 3 is 2.72 bits per heavy atom. The molecule has 3 nitrogen and oxygen atoms in total. The summed E-state index contributed by atoms with van der Waals surface area (Å²) in [5.41, 5.74) is 1.72. The third-order valence-corrected chi connectivity index (χ3v) is 3.25. The van der Waals surface area contributed by atoms with Crippen molar-refractivity contribution in [2.24, 2.45) is 0 Å². The average molecular weight is 260 g/mol. The highest BCUT2D eigenvalue weighted by Gasteiger charge is 2.11. The standard InChI is InChI=1S/C14H16N2OS/c1-10(2)15-14(17)12-9-18-13(16-12)8-11-6-4-3-5-7-11/h3-7,9-10H,8H2,1-2H3,(H,15,17). The van der Waals surface area contributed by atoms with Crippen LogP contribution in [0.15, 0.2) is 35.7 Å². The Morgan fingerprint density at radius 2 is 2.06 bits per heavy atom. The molecule has 1 aromatic heterocycles. The summed E-state index contributed by atoms with van der Waals surface area (Å²) in [6, 6.07) is 10.3. The summed E-state index contributed by atoms with van der Waals surface area (Å²) in [5.74, 6) is -0.0967. The number of nitrogens with one attached hydrogen (secondary N) is 1. The van der Waals surface area contributed by atoms with Gasteiger partial charge in [0.1, 0.15) is 5.69 Å². The molecule has 0 bridgehead atoms. The van der Waals surface area contributed by atoms with Crippen LogP contribution in [0.5, 0.6) is 0 Å². The average Bonchev–Trinajstić information content (AvgIpc) is 2.78. The molecule has 1 N–H and O–H groups in total. The molecule has 1 amide bonds. The first-order chi connectivity index (χ1) is 8.65.